The lowest BCUT2D eigenvalue weighted by molar-refractivity contribution is 0.0525. The maximum absolute atomic E-state index is 12.2. The Hall–Kier alpha value is -1.76. The molecule has 0 unspecified atom stereocenters. The van der Waals surface area contributed by atoms with Crippen LogP contribution in [-0.4, -0.2) is 40.2 Å². The minimum Gasteiger partial charge on any atom is -0.462 e. The van der Waals surface area contributed by atoms with Crippen molar-refractivity contribution in [2.24, 2.45) is 10.1 Å². The van der Waals surface area contributed by atoms with Gasteiger partial charge in [-0.15, -0.1) is 0 Å². The molecule has 1 aromatic heterocycles. The normalized spacial score (nSPS) is 19.8. The molecule has 2 N–H and O–H groups in total. The highest BCUT2D eigenvalue weighted by Gasteiger charge is 2.27. The standard InChI is InChI=1S/C15H20N4O2S/c1-4-21-14(20)13-9(3)16-8(2)12(13)11-7-22-15(19-18-11)17-10-5-6-10/h10,16H,4-7H2,1-3H3,(H,17,19). The number of aryl methyl sites for hydroxylation is 2. The fraction of sp³-hybridized carbons (Fsp3) is 0.533. The number of H-pyrrole nitrogens is 1. The van der Waals surface area contributed by atoms with Gasteiger partial charge in [0, 0.05) is 22.7 Å². The van der Waals surface area contributed by atoms with Gasteiger partial charge < -0.3 is 9.72 Å². The van der Waals surface area contributed by atoms with Crippen molar-refractivity contribution in [2.75, 3.05) is 12.4 Å². The Morgan fingerprint density at radius 2 is 2.18 bits per heavy atom. The monoisotopic (exact) mass is 320 g/mol. The average Bonchev–Trinajstić information content (AvgIpc) is 3.24. The van der Waals surface area contributed by atoms with Gasteiger partial charge in [0.15, 0.2) is 5.17 Å². The summed E-state index contributed by atoms with van der Waals surface area (Å²) in [6.07, 6.45) is 2.34. The first-order valence-electron chi connectivity index (χ1n) is 7.50. The van der Waals surface area contributed by atoms with Crippen molar-refractivity contribution >= 4 is 28.6 Å². The van der Waals surface area contributed by atoms with E-state index in [1.165, 1.54) is 12.8 Å². The number of rotatable bonds is 4. The number of thioether (sulfide) groups is 1. The van der Waals surface area contributed by atoms with E-state index in [4.69, 9.17) is 4.74 Å². The molecule has 1 fully saturated rings. The summed E-state index contributed by atoms with van der Waals surface area (Å²) in [6.45, 7) is 6.00. The van der Waals surface area contributed by atoms with Crippen LogP contribution in [0.3, 0.4) is 0 Å². The van der Waals surface area contributed by atoms with Gasteiger partial charge in [0.2, 0.25) is 0 Å². The van der Waals surface area contributed by atoms with Crippen LogP contribution in [0, 0.1) is 13.8 Å². The van der Waals surface area contributed by atoms with E-state index in [1.54, 1.807) is 11.8 Å². The van der Waals surface area contributed by atoms with Crippen LogP contribution >= 0.6 is 11.8 Å². The molecule has 2 aliphatic rings. The van der Waals surface area contributed by atoms with Crippen LogP contribution in [-0.2, 0) is 4.74 Å². The molecule has 3 rings (SSSR count). The lowest BCUT2D eigenvalue weighted by Crippen LogP contribution is -2.27. The number of hydrazone groups is 1. The summed E-state index contributed by atoms with van der Waals surface area (Å²) in [5.74, 6) is 0.396. The number of carbonyl (C=O) groups excluding carboxylic acids is 1. The van der Waals surface area contributed by atoms with Gasteiger partial charge in [-0.3, -0.25) is 10.4 Å². The Morgan fingerprint density at radius 1 is 1.41 bits per heavy atom. The first-order valence-corrected chi connectivity index (χ1v) is 8.48. The molecule has 0 atom stereocenters. The van der Waals surface area contributed by atoms with Crippen LogP contribution in [0.1, 0.15) is 47.1 Å². The maximum atomic E-state index is 12.2. The van der Waals surface area contributed by atoms with Gasteiger partial charge >= 0.3 is 5.97 Å². The van der Waals surface area contributed by atoms with Gasteiger partial charge in [-0.05, 0) is 33.6 Å². The summed E-state index contributed by atoms with van der Waals surface area (Å²) in [5.41, 5.74) is 7.05. The summed E-state index contributed by atoms with van der Waals surface area (Å²) < 4.78 is 5.17. The first kappa shape index (κ1) is 15.1. The van der Waals surface area contributed by atoms with Gasteiger partial charge in [-0.1, -0.05) is 11.8 Å². The van der Waals surface area contributed by atoms with E-state index in [0.717, 1.165) is 27.8 Å². The van der Waals surface area contributed by atoms with Gasteiger partial charge in [-0.2, -0.15) is 5.10 Å². The molecule has 0 radical (unpaired) electrons. The summed E-state index contributed by atoms with van der Waals surface area (Å²) in [7, 11) is 0. The number of aromatic amines is 1. The lowest BCUT2D eigenvalue weighted by atomic mass is 10.1. The smallest absolute Gasteiger partial charge is 0.340 e. The first-order chi connectivity index (χ1) is 10.6. The molecule has 22 heavy (non-hydrogen) atoms. The Morgan fingerprint density at radius 3 is 2.77 bits per heavy atom. The molecule has 0 amide bonds. The minimum atomic E-state index is -0.301. The van der Waals surface area contributed by atoms with E-state index in [9.17, 15) is 4.79 Å². The van der Waals surface area contributed by atoms with Gasteiger partial charge in [0.1, 0.15) is 0 Å². The van der Waals surface area contributed by atoms with Gasteiger partial charge in [0.05, 0.1) is 23.9 Å². The fourth-order valence-corrected chi connectivity index (χ4v) is 3.30. The van der Waals surface area contributed by atoms with E-state index in [0.29, 0.717) is 24.0 Å². The number of aliphatic imine (C=N–C) groups is 1. The van der Waals surface area contributed by atoms with Crippen molar-refractivity contribution in [3.63, 3.8) is 0 Å². The zero-order chi connectivity index (χ0) is 15.7. The zero-order valence-corrected chi connectivity index (χ0v) is 13.8. The van der Waals surface area contributed by atoms with Crippen LogP contribution in [0.5, 0.6) is 0 Å². The lowest BCUT2D eigenvalue weighted by Gasteiger charge is -2.16. The fourth-order valence-electron chi connectivity index (χ4n) is 2.48. The number of hydrogen-bond donors (Lipinski definition) is 2. The predicted molar refractivity (Wildman–Crippen MR) is 88.8 cm³/mol. The quantitative estimate of drug-likeness (QED) is 0.835. The van der Waals surface area contributed by atoms with E-state index in [-0.39, 0.29) is 5.97 Å². The summed E-state index contributed by atoms with van der Waals surface area (Å²) in [6, 6.07) is 0.470. The molecule has 0 aromatic carbocycles. The predicted octanol–water partition coefficient (Wildman–Crippen LogP) is 2.37. The van der Waals surface area contributed by atoms with Crippen molar-refractivity contribution in [3.8, 4) is 0 Å². The number of esters is 1. The molecule has 0 saturated heterocycles. The molecule has 7 heteroatoms. The molecule has 1 aromatic rings. The zero-order valence-electron chi connectivity index (χ0n) is 13.0. The molecule has 0 spiro atoms. The third-order valence-electron chi connectivity index (χ3n) is 3.62. The third kappa shape index (κ3) is 3.04. The summed E-state index contributed by atoms with van der Waals surface area (Å²) >= 11 is 1.63. The van der Waals surface area contributed by atoms with E-state index in [2.05, 4.69) is 20.5 Å². The van der Waals surface area contributed by atoms with Crippen LogP contribution < -0.4 is 5.43 Å². The largest absolute Gasteiger partial charge is 0.462 e. The highest BCUT2D eigenvalue weighted by Crippen LogP contribution is 2.27. The molecule has 1 aliphatic heterocycles. The number of hydrogen-bond acceptors (Lipinski definition) is 5. The Kier molecular flexibility index (Phi) is 4.24. The Balaban J connectivity index is 1.88. The third-order valence-corrected chi connectivity index (χ3v) is 4.51. The molecule has 118 valence electrons. The molecular weight excluding hydrogens is 300 g/mol. The number of nitrogens with zero attached hydrogens (tertiary/aromatic N) is 2. The Labute approximate surface area is 133 Å². The second kappa shape index (κ2) is 6.16. The molecule has 6 nitrogen and oxygen atoms in total. The van der Waals surface area contributed by atoms with Crippen molar-refractivity contribution < 1.29 is 9.53 Å². The number of amidine groups is 1. The van der Waals surface area contributed by atoms with E-state index < -0.39 is 0 Å². The number of nitrogens with one attached hydrogen (secondary N) is 2. The SMILES string of the molecule is CCOC(=O)c1c(C)[nH]c(C)c1C1=NNC(=NC2CC2)SC1. The molecule has 1 aliphatic carbocycles. The summed E-state index contributed by atoms with van der Waals surface area (Å²) in [4.78, 5) is 20.0. The van der Waals surface area contributed by atoms with Crippen LogP contribution in [0.25, 0.3) is 0 Å². The van der Waals surface area contributed by atoms with Gasteiger partial charge in [-0.25, -0.2) is 4.79 Å². The van der Waals surface area contributed by atoms with Crippen molar-refractivity contribution in [1.82, 2.24) is 10.4 Å². The number of ether oxygens (including phenoxy) is 1. The molecule has 1 saturated carbocycles. The highest BCUT2D eigenvalue weighted by atomic mass is 32.2. The second-order valence-corrected chi connectivity index (χ2v) is 6.43. The minimum absolute atomic E-state index is 0.301. The topological polar surface area (TPSA) is 78.8 Å². The van der Waals surface area contributed by atoms with E-state index in [1.807, 2.05) is 20.8 Å². The van der Waals surface area contributed by atoms with Crippen molar-refractivity contribution in [2.45, 2.75) is 39.7 Å². The molecule has 2 heterocycles. The van der Waals surface area contributed by atoms with Crippen molar-refractivity contribution in [1.29, 1.82) is 0 Å². The van der Waals surface area contributed by atoms with Crippen LogP contribution in [0.15, 0.2) is 10.1 Å². The van der Waals surface area contributed by atoms with Crippen molar-refractivity contribution in [3.05, 3.63) is 22.5 Å². The number of carbonyl (C=O) groups is 1. The Bertz CT molecular complexity index is 659. The van der Waals surface area contributed by atoms with Gasteiger partial charge in [0.25, 0.3) is 0 Å². The van der Waals surface area contributed by atoms with E-state index >= 15 is 0 Å². The second-order valence-electron chi connectivity index (χ2n) is 5.47. The maximum Gasteiger partial charge on any atom is 0.340 e. The number of aromatic nitrogens is 1. The average molecular weight is 320 g/mol. The van der Waals surface area contributed by atoms with Crippen LogP contribution in [0.4, 0.5) is 0 Å². The van der Waals surface area contributed by atoms with Crippen LogP contribution in [0.2, 0.25) is 0 Å². The highest BCUT2D eigenvalue weighted by molar-refractivity contribution is 8.14. The molecule has 0 bridgehead atoms. The molecular formula is C15H20N4O2S. The summed E-state index contributed by atoms with van der Waals surface area (Å²) in [5, 5.41) is 5.30.